The van der Waals surface area contributed by atoms with Gasteiger partial charge in [0.15, 0.2) is 0 Å². The Morgan fingerprint density at radius 2 is 1.77 bits per heavy atom. The number of imidazole rings is 1. The third-order valence-corrected chi connectivity index (χ3v) is 4.76. The summed E-state index contributed by atoms with van der Waals surface area (Å²) < 4.78 is 0. The normalized spacial score (nSPS) is 13.7. The van der Waals surface area contributed by atoms with Gasteiger partial charge >= 0.3 is 0 Å². The highest BCUT2D eigenvalue weighted by molar-refractivity contribution is 5.84. The Morgan fingerprint density at radius 3 is 2.42 bits per heavy atom. The second-order valence-electron chi connectivity index (χ2n) is 7.12. The van der Waals surface area contributed by atoms with Crippen molar-refractivity contribution in [3.8, 4) is 0 Å². The van der Waals surface area contributed by atoms with Gasteiger partial charge in [-0.05, 0) is 30.0 Å². The van der Waals surface area contributed by atoms with Crippen LogP contribution in [-0.2, 0) is 4.79 Å². The molecule has 0 radical (unpaired) electrons. The minimum absolute atomic E-state index is 0.0669. The van der Waals surface area contributed by atoms with Crippen molar-refractivity contribution in [2.45, 2.75) is 45.6 Å². The summed E-state index contributed by atoms with van der Waals surface area (Å²) in [6, 6.07) is 17.8. The average molecular weight is 349 g/mol. The lowest BCUT2D eigenvalue weighted by Crippen LogP contribution is -2.36. The molecule has 0 aliphatic carbocycles. The molecule has 0 fully saturated rings. The van der Waals surface area contributed by atoms with Crippen LogP contribution in [0.4, 0.5) is 0 Å². The Morgan fingerprint density at radius 1 is 1.08 bits per heavy atom. The average Bonchev–Trinajstić information content (AvgIpc) is 3.08. The molecule has 0 saturated heterocycles. The van der Waals surface area contributed by atoms with Gasteiger partial charge in [-0.2, -0.15) is 0 Å². The molecule has 0 aliphatic rings. The maximum absolute atomic E-state index is 13.1. The second kappa shape index (κ2) is 8.17. The number of hydrogen-bond acceptors (Lipinski definition) is 2. The lowest BCUT2D eigenvalue weighted by atomic mass is 9.92. The lowest BCUT2D eigenvalue weighted by Gasteiger charge is -2.24. The van der Waals surface area contributed by atoms with Crippen LogP contribution in [0.3, 0.4) is 0 Å². The molecule has 2 atom stereocenters. The van der Waals surface area contributed by atoms with Crippen molar-refractivity contribution in [2.75, 3.05) is 0 Å². The molecule has 2 aromatic carbocycles. The van der Waals surface area contributed by atoms with Crippen LogP contribution in [0.15, 0.2) is 54.6 Å². The first-order valence-corrected chi connectivity index (χ1v) is 9.40. The molecule has 0 spiro atoms. The Bertz CT molecular complexity index is 821. The minimum atomic E-state index is -0.141. The summed E-state index contributed by atoms with van der Waals surface area (Å²) in [7, 11) is 0. The van der Waals surface area contributed by atoms with Crippen molar-refractivity contribution >= 4 is 16.9 Å². The van der Waals surface area contributed by atoms with Gasteiger partial charge in [0.2, 0.25) is 5.91 Å². The maximum Gasteiger partial charge on any atom is 0.228 e. The zero-order valence-electron chi connectivity index (χ0n) is 15.7. The van der Waals surface area contributed by atoms with Gasteiger partial charge < -0.3 is 10.3 Å². The smallest absolute Gasteiger partial charge is 0.228 e. The van der Waals surface area contributed by atoms with E-state index in [-0.39, 0.29) is 23.8 Å². The highest BCUT2D eigenvalue weighted by atomic mass is 16.2. The number of aromatic nitrogens is 2. The molecule has 2 N–H and O–H groups in total. The van der Waals surface area contributed by atoms with E-state index in [0.29, 0.717) is 0 Å². The number of nitrogens with one attached hydrogen (secondary N) is 2. The molecule has 3 rings (SSSR count). The van der Waals surface area contributed by atoms with Crippen LogP contribution >= 0.6 is 0 Å². The molecule has 26 heavy (non-hydrogen) atoms. The molecule has 0 unspecified atom stereocenters. The third-order valence-electron chi connectivity index (χ3n) is 4.76. The van der Waals surface area contributed by atoms with Crippen LogP contribution in [0.2, 0.25) is 0 Å². The molecule has 1 heterocycles. The van der Waals surface area contributed by atoms with E-state index in [1.807, 2.05) is 54.6 Å². The molecular weight excluding hydrogens is 322 g/mol. The first-order chi connectivity index (χ1) is 12.6. The summed E-state index contributed by atoms with van der Waals surface area (Å²) in [5.41, 5.74) is 2.99. The van der Waals surface area contributed by atoms with Crippen molar-refractivity contribution in [3.05, 3.63) is 66.0 Å². The van der Waals surface area contributed by atoms with Gasteiger partial charge in [0.25, 0.3) is 0 Å². The number of H-pyrrole nitrogens is 1. The number of carbonyl (C=O) groups excluding carboxylic acids is 1. The molecule has 0 saturated carbocycles. The number of amides is 1. The molecule has 4 heteroatoms. The van der Waals surface area contributed by atoms with Crippen molar-refractivity contribution in [2.24, 2.45) is 5.92 Å². The maximum atomic E-state index is 13.1. The highest BCUT2D eigenvalue weighted by Gasteiger charge is 2.26. The summed E-state index contributed by atoms with van der Waals surface area (Å²) in [5.74, 6) is 0.986. The Kier molecular flexibility index (Phi) is 5.71. The number of para-hydroxylation sites is 2. The number of nitrogens with zero attached hydrogens (tertiary/aromatic N) is 1. The van der Waals surface area contributed by atoms with Gasteiger partial charge in [-0.3, -0.25) is 4.79 Å². The number of benzene rings is 2. The van der Waals surface area contributed by atoms with Crippen molar-refractivity contribution in [3.63, 3.8) is 0 Å². The first kappa shape index (κ1) is 18.2. The molecule has 4 nitrogen and oxygen atoms in total. The van der Waals surface area contributed by atoms with E-state index in [4.69, 9.17) is 4.98 Å². The summed E-state index contributed by atoms with van der Waals surface area (Å²) in [6.45, 7) is 6.33. The van der Waals surface area contributed by atoms with Crippen LogP contribution in [0.1, 0.15) is 57.0 Å². The van der Waals surface area contributed by atoms with Gasteiger partial charge in [0, 0.05) is 0 Å². The Balaban J connectivity index is 1.85. The zero-order chi connectivity index (χ0) is 18.5. The van der Waals surface area contributed by atoms with Crippen LogP contribution < -0.4 is 5.32 Å². The predicted molar refractivity (Wildman–Crippen MR) is 106 cm³/mol. The van der Waals surface area contributed by atoms with Gasteiger partial charge in [-0.25, -0.2) is 4.98 Å². The fraction of sp³-hybridized carbons (Fsp3) is 0.364. The molecule has 1 aromatic heterocycles. The van der Waals surface area contributed by atoms with Crippen LogP contribution in [0.5, 0.6) is 0 Å². The number of hydrogen-bond donors (Lipinski definition) is 2. The fourth-order valence-electron chi connectivity index (χ4n) is 3.35. The fourth-order valence-corrected chi connectivity index (χ4v) is 3.35. The summed E-state index contributed by atoms with van der Waals surface area (Å²) >= 11 is 0. The molecule has 0 bridgehead atoms. The Labute approximate surface area is 155 Å². The quantitative estimate of drug-likeness (QED) is 0.633. The van der Waals surface area contributed by atoms with Gasteiger partial charge in [0.05, 0.1) is 23.0 Å². The third kappa shape index (κ3) is 3.96. The van der Waals surface area contributed by atoms with E-state index in [9.17, 15) is 4.79 Å². The van der Waals surface area contributed by atoms with Gasteiger partial charge in [-0.15, -0.1) is 0 Å². The number of carbonyl (C=O) groups is 1. The lowest BCUT2D eigenvalue weighted by molar-refractivity contribution is -0.123. The molecule has 3 aromatic rings. The molecule has 1 amide bonds. The van der Waals surface area contributed by atoms with E-state index >= 15 is 0 Å². The van der Waals surface area contributed by atoms with Crippen molar-refractivity contribution in [1.29, 1.82) is 0 Å². The second-order valence-corrected chi connectivity index (χ2v) is 7.12. The van der Waals surface area contributed by atoms with E-state index in [0.717, 1.165) is 35.3 Å². The van der Waals surface area contributed by atoms with E-state index in [2.05, 4.69) is 31.1 Å². The standard InChI is InChI=1S/C22H27N3O/c1-4-10-17(16-11-6-5-7-12-16)22(26)25-20(15(2)3)21-23-18-13-8-9-14-19(18)24-21/h5-9,11-15,17,20H,4,10H2,1-3H3,(H,23,24)(H,25,26)/t17-,20-/m1/s1. The van der Waals surface area contributed by atoms with Crippen molar-refractivity contribution in [1.82, 2.24) is 15.3 Å². The SMILES string of the molecule is CCC[C@@H](C(=O)N[C@@H](c1nc2ccccc2[nH]1)C(C)C)c1ccccc1. The predicted octanol–water partition coefficient (Wildman–Crippen LogP) is 4.96. The highest BCUT2D eigenvalue weighted by Crippen LogP contribution is 2.26. The van der Waals surface area contributed by atoms with E-state index in [1.54, 1.807) is 0 Å². The summed E-state index contributed by atoms with van der Waals surface area (Å²) in [6.07, 6.45) is 1.80. The summed E-state index contributed by atoms with van der Waals surface area (Å²) in [5, 5.41) is 3.24. The summed E-state index contributed by atoms with van der Waals surface area (Å²) in [4.78, 5) is 21.1. The van der Waals surface area contributed by atoms with Gasteiger partial charge in [-0.1, -0.05) is 69.7 Å². The van der Waals surface area contributed by atoms with E-state index < -0.39 is 0 Å². The van der Waals surface area contributed by atoms with Crippen LogP contribution in [-0.4, -0.2) is 15.9 Å². The Hall–Kier alpha value is -2.62. The molecular formula is C22H27N3O. The number of fused-ring (bicyclic) bond motifs is 1. The van der Waals surface area contributed by atoms with E-state index in [1.165, 1.54) is 0 Å². The largest absolute Gasteiger partial charge is 0.345 e. The zero-order valence-corrected chi connectivity index (χ0v) is 15.7. The van der Waals surface area contributed by atoms with Gasteiger partial charge in [0.1, 0.15) is 5.82 Å². The number of rotatable bonds is 7. The van der Waals surface area contributed by atoms with Crippen LogP contribution in [0.25, 0.3) is 11.0 Å². The monoisotopic (exact) mass is 349 g/mol. The first-order valence-electron chi connectivity index (χ1n) is 9.40. The van der Waals surface area contributed by atoms with Crippen molar-refractivity contribution < 1.29 is 4.79 Å². The molecule has 136 valence electrons. The molecule has 0 aliphatic heterocycles. The number of aromatic amines is 1. The minimum Gasteiger partial charge on any atom is -0.345 e. The topological polar surface area (TPSA) is 57.8 Å². The van der Waals surface area contributed by atoms with Crippen LogP contribution in [0, 0.1) is 5.92 Å².